The van der Waals surface area contributed by atoms with E-state index in [9.17, 15) is 0 Å². The van der Waals surface area contributed by atoms with Crippen molar-refractivity contribution >= 4 is 15.9 Å². The van der Waals surface area contributed by atoms with Crippen LogP contribution in [0.1, 0.15) is 40.3 Å². The molecule has 0 amide bonds. The van der Waals surface area contributed by atoms with Crippen LogP contribution in [0.25, 0.3) is 0 Å². The van der Waals surface area contributed by atoms with Crippen LogP contribution in [0.3, 0.4) is 0 Å². The average molecular weight is 343 g/mol. The number of nitrogens with one attached hydrogen (secondary N) is 1. The molecule has 0 radical (unpaired) electrons. The summed E-state index contributed by atoms with van der Waals surface area (Å²) in [5, 5.41) is 3.56. The van der Waals surface area contributed by atoms with E-state index in [-0.39, 0.29) is 17.6 Å². The number of nitrogens with zero attached hydrogens (tertiary/aromatic N) is 1. The number of ether oxygens (including phenoxy) is 1. The second-order valence-corrected chi connectivity index (χ2v) is 6.99. The van der Waals surface area contributed by atoms with E-state index in [4.69, 9.17) is 4.74 Å². The van der Waals surface area contributed by atoms with Crippen molar-refractivity contribution in [1.82, 2.24) is 10.3 Å². The lowest BCUT2D eigenvalue weighted by atomic mass is 9.82. The van der Waals surface area contributed by atoms with Gasteiger partial charge in [0.25, 0.3) is 0 Å². The molecule has 1 N–H and O–H groups in total. The highest BCUT2D eigenvalue weighted by molar-refractivity contribution is 9.10. The summed E-state index contributed by atoms with van der Waals surface area (Å²) < 4.78 is 7.03. The second kappa shape index (κ2) is 8.11. The monoisotopic (exact) mass is 342 g/mol. The van der Waals surface area contributed by atoms with Crippen LogP contribution in [0.15, 0.2) is 22.8 Å². The first-order valence-electron chi connectivity index (χ1n) is 7.33. The highest BCUT2D eigenvalue weighted by atomic mass is 79.9. The van der Waals surface area contributed by atoms with Gasteiger partial charge >= 0.3 is 0 Å². The van der Waals surface area contributed by atoms with Crippen molar-refractivity contribution < 1.29 is 4.74 Å². The molecule has 0 fully saturated rings. The van der Waals surface area contributed by atoms with E-state index >= 15 is 0 Å². The van der Waals surface area contributed by atoms with Crippen LogP contribution in [-0.2, 0) is 11.2 Å². The number of hydrogen-bond acceptors (Lipinski definition) is 3. The Kier molecular flexibility index (Phi) is 7.13. The zero-order chi connectivity index (χ0) is 15.2. The van der Waals surface area contributed by atoms with Gasteiger partial charge in [-0.2, -0.15) is 0 Å². The molecule has 0 aliphatic carbocycles. The molecule has 0 aromatic carbocycles. The van der Waals surface area contributed by atoms with Crippen LogP contribution >= 0.6 is 15.9 Å². The van der Waals surface area contributed by atoms with Crippen LogP contribution in [0, 0.1) is 5.41 Å². The maximum Gasteiger partial charge on any atom is 0.0779 e. The molecule has 0 aliphatic rings. The SMILES string of the molecule is CCNC(Cc1ccc(Br)cn1)C(OCC)C(C)(C)C. The molecule has 0 spiro atoms. The van der Waals surface area contributed by atoms with Crippen LogP contribution in [0.4, 0.5) is 0 Å². The van der Waals surface area contributed by atoms with Crippen molar-refractivity contribution in [2.24, 2.45) is 5.41 Å². The third kappa shape index (κ3) is 5.51. The lowest BCUT2D eigenvalue weighted by molar-refractivity contribution is -0.0354. The van der Waals surface area contributed by atoms with E-state index in [1.165, 1.54) is 0 Å². The van der Waals surface area contributed by atoms with Gasteiger partial charge < -0.3 is 10.1 Å². The zero-order valence-electron chi connectivity index (χ0n) is 13.2. The van der Waals surface area contributed by atoms with Crippen molar-refractivity contribution in [2.75, 3.05) is 13.2 Å². The molecule has 2 unspecified atom stereocenters. The Morgan fingerprint density at radius 2 is 2.00 bits per heavy atom. The first-order valence-corrected chi connectivity index (χ1v) is 8.13. The van der Waals surface area contributed by atoms with Crippen LogP contribution < -0.4 is 5.32 Å². The average Bonchev–Trinajstić information content (AvgIpc) is 2.37. The largest absolute Gasteiger partial charge is 0.376 e. The smallest absolute Gasteiger partial charge is 0.0779 e. The molecular weight excluding hydrogens is 316 g/mol. The molecule has 0 bridgehead atoms. The van der Waals surface area contributed by atoms with Gasteiger partial charge in [0.2, 0.25) is 0 Å². The number of halogens is 1. The third-order valence-electron chi connectivity index (χ3n) is 3.25. The number of pyridine rings is 1. The summed E-state index contributed by atoms with van der Waals surface area (Å²) in [7, 11) is 0. The summed E-state index contributed by atoms with van der Waals surface area (Å²) in [5.74, 6) is 0. The predicted octanol–water partition coefficient (Wildman–Crippen LogP) is 3.82. The Bertz CT molecular complexity index is 386. The first-order chi connectivity index (χ1) is 9.38. The summed E-state index contributed by atoms with van der Waals surface area (Å²) in [6.45, 7) is 12.5. The summed E-state index contributed by atoms with van der Waals surface area (Å²) in [4.78, 5) is 4.48. The maximum absolute atomic E-state index is 6.02. The van der Waals surface area contributed by atoms with E-state index < -0.39 is 0 Å². The van der Waals surface area contributed by atoms with Gasteiger partial charge in [-0.15, -0.1) is 0 Å². The molecule has 1 heterocycles. The van der Waals surface area contributed by atoms with Crippen molar-refractivity contribution in [3.8, 4) is 0 Å². The van der Waals surface area contributed by atoms with Gasteiger partial charge in [0, 0.05) is 35.4 Å². The Morgan fingerprint density at radius 1 is 1.30 bits per heavy atom. The lowest BCUT2D eigenvalue weighted by Gasteiger charge is -2.37. The van der Waals surface area contributed by atoms with Crippen molar-refractivity contribution in [3.63, 3.8) is 0 Å². The lowest BCUT2D eigenvalue weighted by Crippen LogP contribution is -2.49. The molecule has 1 aromatic heterocycles. The van der Waals surface area contributed by atoms with Gasteiger partial charge in [-0.1, -0.05) is 27.7 Å². The van der Waals surface area contributed by atoms with Gasteiger partial charge in [-0.3, -0.25) is 4.98 Å². The fraction of sp³-hybridized carbons (Fsp3) is 0.688. The number of aromatic nitrogens is 1. The molecule has 1 aromatic rings. The minimum Gasteiger partial charge on any atom is -0.376 e. The normalized spacial score (nSPS) is 15.1. The third-order valence-corrected chi connectivity index (χ3v) is 3.72. The molecular formula is C16H27BrN2O. The molecule has 3 nitrogen and oxygen atoms in total. The Hall–Kier alpha value is -0.450. The van der Waals surface area contributed by atoms with Crippen molar-refractivity contribution in [3.05, 3.63) is 28.5 Å². The zero-order valence-corrected chi connectivity index (χ0v) is 14.8. The number of likely N-dealkylation sites (N-methyl/N-ethyl adjacent to an activating group) is 1. The van der Waals surface area contributed by atoms with Crippen LogP contribution in [-0.4, -0.2) is 30.3 Å². The Morgan fingerprint density at radius 3 is 2.45 bits per heavy atom. The topological polar surface area (TPSA) is 34.2 Å². The van der Waals surface area contributed by atoms with Gasteiger partial charge in [-0.05, 0) is 46.9 Å². The number of rotatable bonds is 7. The predicted molar refractivity (Wildman–Crippen MR) is 88.0 cm³/mol. The summed E-state index contributed by atoms with van der Waals surface area (Å²) in [6, 6.07) is 4.38. The molecule has 114 valence electrons. The highest BCUT2D eigenvalue weighted by Gasteiger charge is 2.32. The second-order valence-electron chi connectivity index (χ2n) is 6.08. The minimum absolute atomic E-state index is 0.0954. The van der Waals surface area contributed by atoms with E-state index in [0.717, 1.165) is 29.7 Å². The summed E-state index contributed by atoms with van der Waals surface area (Å²) in [6.07, 6.45) is 2.90. The van der Waals surface area contributed by atoms with Gasteiger partial charge in [0.05, 0.1) is 6.10 Å². The Balaban J connectivity index is 2.87. The maximum atomic E-state index is 6.02. The van der Waals surface area contributed by atoms with Crippen LogP contribution in [0.2, 0.25) is 0 Å². The standard InChI is InChI=1S/C16H27BrN2O/c1-6-18-14(15(20-7-2)16(3,4)5)10-13-9-8-12(17)11-19-13/h8-9,11,14-15,18H,6-7,10H2,1-5H3. The highest BCUT2D eigenvalue weighted by Crippen LogP contribution is 2.26. The van der Waals surface area contributed by atoms with Gasteiger partial charge in [0.15, 0.2) is 0 Å². The molecule has 20 heavy (non-hydrogen) atoms. The van der Waals surface area contributed by atoms with E-state index in [0.29, 0.717) is 0 Å². The van der Waals surface area contributed by atoms with Crippen LogP contribution in [0.5, 0.6) is 0 Å². The van der Waals surface area contributed by atoms with Gasteiger partial charge in [0.1, 0.15) is 0 Å². The minimum atomic E-state index is 0.0954. The molecule has 4 heteroatoms. The van der Waals surface area contributed by atoms with Gasteiger partial charge in [-0.25, -0.2) is 0 Å². The Labute approximate surface area is 131 Å². The first kappa shape index (κ1) is 17.6. The summed E-state index contributed by atoms with van der Waals surface area (Å²) >= 11 is 3.43. The van der Waals surface area contributed by atoms with Crippen molar-refractivity contribution in [2.45, 2.75) is 53.2 Å². The molecule has 2 atom stereocenters. The summed E-state index contributed by atoms with van der Waals surface area (Å²) in [5.41, 5.74) is 1.19. The molecule has 0 saturated heterocycles. The number of hydrogen-bond donors (Lipinski definition) is 1. The van der Waals surface area contributed by atoms with E-state index in [1.807, 2.05) is 12.3 Å². The molecule has 0 saturated carbocycles. The van der Waals surface area contributed by atoms with E-state index in [1.54, 1.807) is 0 Å². The molecule has 0 aliphatic heterocycles. The molecule has 1 rings (SSSR count). The fourth-order valence-electron chi connectivity index (χ4n) is 2.45. The van der Waals surface area contributed by atoms with E-state index in [2.05, 4.69) is 66.9 Å². The quantitative estimate of drug-likeness (QED) is 0.817. The fourth-order valence-corrected chi connectivity index (χ4v) is 2.68. The van der Waals surface area contributed by atoms with Crippen molar-refractivity contribution in [1.29, 1.82) is 0 Å².